The van der Waals surface area contributed by atoms with Crippen molar-refractivity contribution in [3.63, 3.8) is 0 Å². The molecular weight excluding hydrogens is 298 g/mol. The van der Waals surface area contributed by atoms with E-state index in [4.69, 9.17) is 5.73 Å². The standard InChI is InChI=1S/C14H17N7O2/c1-14(2,3)9(13(22)23)21-12-7(10(15)18-6-19-12)8(20-21)11-16-4-5-17-11/h4-6,9H,1-3H3,(H,16,17)(H,22,23)(H2,15,18,19). The second-order valence-corrected chi connectivity index (χ2v) is 6.30. The lowest BCUT2D eigenvalue weighted by atomic mass is 9.87. The molecule has 1 atom stereocenters. The number of rotatable bonds is 3. The molecule has 3 aromatic rings. The Morgan fingerprint density at radius 2 is 2.09 bits per heavy atom. The van der Waals surface area contributed by atoms with Crippen LogP contribution in [0, 0.1) is 5.41 Å². The largest absolute Gasteiger partial charge is 0.480 e. The Morgan fingerprint density at radius 1 is 1.35 bits per heavy atom. The number of aliphatic carboxylic acids is 1. The number of carboxylic acids is 1. The van der Waals surface area contributed by atoms with Crippen LogP contribution in [0.2, 0.25) is 0 Å². The minimum Gasteiger partial charge on any atom is -0.480 e. The van der Waals surface area contributed by atoms with Gasteiger partial charge in [0.05, 0.1) is 5.39 Å². The molecule has 0 bridgehead atoms. The van der Waals surface area contributed by atoms with Crippen LogP contribution < -0.4 is 5.73 Å². The van der Waals surface area contributed by atoms with Gasteiger partial charge in [-0.15, -0.1) is 0 Å². The number of carbonyl (C=O) groups is 1. The van der Waals surface area contributed by atoms with Crippen LogP contribution >= 0.6 is 0 Å². The molecule has 23 heavy (non-hydrogen) atoms. The van der Waals surface area contributed by atoms with E-state index in [1.165, 1.54) is 11.0 Å². The Morgan fingerprint density at radius 3 is 2.65 bits per heavy atom. The number of anilines is 1. The summed E-state index contributed by atoms with van der Waals surface area (Å²) < 4.78 is 1.38. The highest BCUT2D eigenvalue weighted by molar-refractivity contribution is 5.97. The smallest absolute Gasteiger partial charge is 0.329 e. The first-order valence-electron chi connectivity index (χ1n) is 7.02. The fraction of sp³-hybridized carbons (Fsp3) is 0.357. The van der Waals surface area contributed by atoms with Crippen LogP contribution in [0.3, 0.4) is 0 Å². The van der Waals surface area contributed by atoms with Crippen molar-refractivity contribution in [3.05, 3.63) is 18.7 Å². The number of H-pyrrole nitrogens is 1. The van der Waals surface area contributed by atoms with Crippen molar-refractivity contribution in [1.82, 2.24) is 29.7 Å². The fourth-order valence-corrected chi connectivity index (χ4v) is 2.58. The highest BCUT2D eigenvalue weighted by Gasteiger charge is 2.36. The molecule has 0 aliphatic heterocycles. The second kappa shape index (κ2) is 5.04. The van der Waals surface area contributed by atoms with Gasteiger partial charge in [0, 0.05) is 12.4 Å². The van der Waals surface area contributed by atoms with Crippen LogP contribution in [0.5, 0.6) is 0 Å². The predicted molar refractivity (Wildman–Crippen MR) is 83.4 cm³/mol. The minimum absolute atomic E-state index is 0.227. The van der Waals surface area contributed by atoms with Gasteiger partial charge in [-0.25, -0.2) is 24.4 Å². The van der Waals surface area contributed by atoms with Crippen LogP contribution in [0.25, 0.3) is 22.6 Å². The summed E-state index contributed by atoms with van der Waals surface area (Å²) in [5, 5.41) is 14.6. The zero-order valence-electron chi connectivity index (χ0n) is 13.0. The van der Waals surface area contributed by atoms with E-state index in [0.717, 1.165) is 0 Å². The number of hydrogen-bond donors (Lipinski definition) is 3. The van der Waals surface area contributed by atoms with E-state index in [1.807, 2.05) is 20.8 Å². The quantitative estimate of drug-likeness (QED) is 0.665. The number of aromatic amines is 1. The summed E-state index contributed by atoms with van der Waals surface area (Å²) in [6.45, 7) is 5.49. The van der Waals surface area contributed by atoms with Crippen molar-refractivity contribution < 1.29 is 9.90 Å². The van der Waals surface area contributed by atoms with Crippen LogP contribution in [0.4, 0.5) is 5.82 Å². The Hall–Kier alpha value is -2.97. The fourth-order valence-electron chi connectivity index (χ4n) is 2.58. The first kappa shape index (κ1) is 14.9. The number of imidazole rings is 1. The summed E-state index contributed by atoms with van der Waals surface area (Å²) in [5.74, 6) is -0.288. The van der Waals surface area contributed by atoms with Crippen LogP contribution in [-0.4, -0.2) is 40.8 Å². The maximum atomic E-state index is 11.8. The molecule has 0 aromatic carbocycles. The summed E-state index contributed by atoms with van der Waals surface area (Å²) in [4.78, 5) is 27.1. The van der Waals surface area contributed by atoms with Gasteiger partial charge in [-0.1, -0.05) is 20.8 Å². The molecule has 0 saturated heterocycles. The van der Waals surface area contributed by atoms with Gasteiger partial charge >= 0.3 is 5.97 Å². The lowest BCUT2D eigenvalue weighted by molar-refractivity contribution is -0.144. The van der Waals surface area contributed by atoms with Gasteiger partial charge < -0.3 is 15.8 Å². The molecule has 0 aliphatic rings. The molecule has 0 fully saturated rings. The third-order valence-corrected chi connectivity index (χ3v) is 3.54. The van der Waals surface area contributed by atoms with Crippen LogP contribution in [-0.2, 0) is 4.79 Å². The number of carboxylic acid groups (broad SMARTS) is 1. The number of nitrogen functional groups attached to an aromatic ring is 1. The zero-order valence-corrected chi connectivity index (χ0v) is 13.0. The van der Waals surface area contributed by atoms with E-state index >= 15 is 0 Å². The Kier molecular flexibility index (Phi) is 3.28. The summed E-state index contributed by atoms with van der Waals surface area (Å²) in [6, 6.07) is -0.914. The van der Waals surface area contributed by atoms with Crippen molar-refractivity contribution >= 4 is 22.8 Å². The monoisotopic (exact) mass is 315 g/mol. The number of nitrogens with zero attached hydrogens (tertiary/aromatic N) is 5. The number of fused-ring (bicyclic) bond motifs is 1. The van der Waals surface area contributed by atoms with Crippen molar-refractivity contribution in [2.24, 2.45) is 5.41 Å². The second-order valence-electron chi connectivity index (χ2n) is 6.30. The predicted octanol–water partition coefficient (Wildman–Crippen LogP) is 1.47. The average Bonchev–Trinajstić information content (AvgIpc) is 3.05. The van der Waals surface area contributed by atoms with Gasteiger partial charge in [0.25, 0.3) is 0 Å². The normalized spacial score (nSPS) is 13.3. The molecule has 9 nitrogen and oxygen atoms in total. The van der Waals surface area contributed by atoms with Gasteiger partial charge in [0.15, 0.2) is 17.5 Å². The van der Waals surface area contributed by atoms with Gasteiger partial charge in [0.1, 0.15) is 17.8 Å². The summed E-state index contributed by atoms with van der Waals surface area (Å²) in [5.41, 5.74) is 6.19. The summed E-state index contributed by atoms with van der Waals surface area (Å²) in [7, 11) is 0. The molecule has 0 amide bonds. The molecule has 3 aromatic heterocycles. The van der Waals surface area contributed by atoms with Gasteiger partial charge in [0.2, 0.25) is 0 Å². The topological polar surface area (TPSA) is 136 Å². The zero-order chi connectivity index (χ0) is 16.8. The average molecular weight is 315 g/mol. The Balaban J connectivity index is 2.35. The third-order valence-electron chi connectivity index (χ3n) is 3.54. The van der Waals surface area contributed by atoms with E-state index in [1.54, 1.807) is 12.4 Å². The molecule has 3 heterocycles. The maximum absolute atomic E-state index is 11.8. The molecule has 0 radical (unpaired) electrons. The van der Waals surface area contributed by atoms with Crippen LogP contribution in [0.1, 0.15) is 26.8 Å². The Bertz CT molecular complexity index is 861. The lowest BCUT2D eigenvalue weighted by Gasteiger charge is -2.27. The highest BCUT2D eigenvalue weighted by atomic mass is 16.4. The number of nitrogens with two attached hydrogens (primary N) is 1. The van der Waals surface area contributed by atoms with Crippen LogP contribution in [0.15, 0.2) is 18.7 Å². The maximum Gasteiger partial charge on any atom is 0.329 e. The van der Waals surface area contributed by atoms with E-state index in [2.05, 4.69) is 25.0 Å². The molecule has 120 valence electrons. The Labute approximate surface area is 131 Å². The van der Waals surface area contributed by atoms with Crippen molar-refractivity contribution in [2.45, 2.75) is 26.8 Å². The number of nitrogens with one attached hydrogen (secondary N) is 1. The first-order chi connectivity index (χ1) is 10.8. The number of aromatic nitrogens is 6. The van der Waals surface area contributed by atoms with E-state index in [9.17, 15) is 9.90 Å². The van der Waals surface area contributed by atoms with E-state index in [0.29, 0.717) is 22.6 Å². The molecule has 3 rings (SSSR count). The SMILES string of the molecule is CC(C)(C)C(C(=O)O)n1nc(-c2ncc[nH]2)c2c(N)ncnc21. The lowest BCUT2D eigenvalue weighted by Crippen LogP contribution is -2.32. The molecule has 0 saturated carbocycles. The molecule has 1 unspecified atom stereocenters. The van der Waals surface area contributed by atoms with Crippen molar-refractivity contribution in [3.8, 4) is 11.5 Å². The van der Waals surface area contributed by atoms with Gasteiger partial charge in [-0.3, -0.25) is 0 Å². The first-order valence-corrected chi connectivity index (χ1v) is 7.02. The van der Waals surface area contributed by atoms with Gasteiger partial charge in [-0.2, -0.15) is 5.10 Å². The third kappa shape index (κ3) is 2.39. The summed E-state index contributed by atoms with van der Waals surface area (Å²) >= 11 is 0. The number of hydrogen-bond acceptors (Lipinski definition) is 6. The molecule has 9 heteroatoms. The minimum atomic E-state index is -0.995. The van der Waals surface area contributed by atoms with Gasteiger partial charge in [-0.05, 0) is 5.41 Å². The molecule has 0 aliphatic carbocycles. The van der Waals surface area contributed by atoms with E-state index in [-0.39, 0.29) is 5.82 Å². The summed E-state index contributed by atoms with van der Waals surface area (Å²) in [6.07, 6.45) is 4.53. The molecule has 0 spiro atoms. The van der Waals surface area contributed by atoms with E-state index < -0.39 is 17.4 Å². The van der Waals surface area contributed by atoms with Crippen molar-refractivity contribution in [2.75, 3.05) is 5.73 Å². The molecule has 4 N–H and O–H groups in total. The highest BCUT2D eigenvalue weighted by Crippen LogP contribution is 2.36. The van der Waals surface area contributed by atoms with Crippen molar-refractivity contribution in [1.29, 1.82) is 0 Å². The molecular formula is C14H17N7O2.